The molecule has 0 bridgehead atoms. The summed E-state index contributed by atoms with van der Waals surface area (Å²) in [6.45, 7) is 6.22. The number of urea groups is 1. The Bertz CT molecular complexity index is 436. The van der Waals surface area contributed by atoms with Crippen LogP contribution in [-0.4, -0.2) is 12.3 Å². The summed E-state index contributed by atoms with van der Waals surface area (Å²) in [7, 11) is 0. The van der Waals surface area contributed by atoms with E-state index in [0.29, 0.717) is 0 Å². The number of anilines is 1. The molecule has 0 spiro atoms. The van der Waals surface area contributed by atoms with Crippen LogP contribution < -0.4 is 10.6 Å². The van der Waals surface area contributed by atoms with Crippen LogP contribution in [0, 0.1) is 5.41 Å². The number of allylic oxidation sites excluding steroid dienone is 1. The van der Waals surface area contributed by atoms with Gasteiger partial charge in [0.05, 0.1) is 0 Å². The second-order valence-electron chi connectivity index (χ2n) is 5.03. The van der Waals surface area contributed by atoms with Crippen molar-refractivity contribution in [1.29, 1.82) is 0 Å². The van der Waals surface area contributed by atoms with Crippen molar-refractivity contribution in [2.45, 2.75) is 25.7 Å². The van der Waals surface area contributed by atoms with Crippen LogP contribution in [0.3, 0.4) is 0 Å². The van der Waals surface area contributed by atoms with Crippen molar-refractivity contribution < 1.29 is 4.79 Å². The second-order valence-corrected chi connectivity index (χ2v) is 5.91. The van der Waals surface area contributed by atoms with Gasteiger partial charge in [-0.2, -0.15) is 0 Å². The van der Waals surface area contributed by atoms with E-state index in [1.54, 1.807) is 18.0 Å². The number of amides is 2. The molecule has 0 saturated heterocycles. The van der Waals surface area contributed by atoms with Gasteiger partial charge in [0.2, 0.25) is 0 Å². The van der Waals surface area contributed by atoms with E-state index in [1.807, 2.05) is 36.6 Å². The molecule has 2 N–H and O–H groups in total. The van der Waals surface area contributed by atoms with Crippen molar-refractivity contribution in [1.82, 2.24) is 5.32 Å². The summed E-state index contributed by atoms with van der Waals surface area (Å²) in [5.41, 5.74) is 0.856. The molecule has 4 heteroatoms. The number of nitrogens with one attached hydrogen (secondary N) is 2. The molecule has 0 aliphatic carbocycles. The Kier molecular flexibility index (Phi) is 5.28. The third-order valence-electron chi connectivity index (χ3n) is 2.13. The molecule has 3 nitrogen and oxygen atoms in total. The second kappa shape index (κ2) is 6.50. The van der Waals surface area contributed by atoms with Crippen LogP contribution in [0.4, 0.5) is 10.5 Å². The maximum absolute atomic E-state index is 11.6. The molecule has 0 saturated carbocycles. The maximum atomic E-state index is 11.6. The monoisotopic (exact) mass is 264 g/mol. The van der Waals surface area contributed by atoms with Crippen molar-refractivity contribution >= 4 is 23.5 Å². The van der Waals surface area contributed by atoms with Crippen LogP contribution in [0.2, 0.25) is 0 Å². The van der Waals surface area contributed by atoms with Crippen LogP contribution in [0.5, 0.6) is 0 Å². The first-order valence-corrected chi connectivity index (χ1v) is 7.02. The number of thioether (sulfide) groups is 1. The van der Waals surface area contributed by atoms with Gasteiger partial charge in [0.15, 0.2) is 0 Å². The summed E-state index contributed by atoms with van der Waals surface area (Å²) in [5, 5.41) is 5.48. The van der Waals surface area contributed by atoms with Gasteiger partial charge in [-0.3, -0.25) is 0 Å². The SMILES string of the molecule is CSc1cccc(NC(=O)N/C=C/C(C)(C)C)c1. The molecule has 2 amide bonds. The summed E-state index contributed by atoms with van der Waals surface area (Å²) in [6, 6.07) is 7.51. The van der Waals surface area contributed by atoms with Gasteiger partial charge in [0.25, 0.3) is 0 Å². The topological polar surface area (TPSA) is 41.1 Å². The Morgan fingerprint density at radius 1 is 1.33 bits per heavy atom. The predicted molar refractivity (Wildman–Crippen MR) is 79.0 cm³/mol. The highest BCUT2D eigenvalue weighted by atomic mass is 32.2. The van der Waals surface area contributed by atoms with Crippen LogP contribution in [-0.2, 0) is 0 Å². The van der Waals surface area contributed by atoms with Crippen molar-refractivity contribution in [2.24, 2.45) is 5.41 Å². The van der Waals surface area contributed by atoms with Gasteiger partial charge >= 0.3 is 6.03 Å². The normalized spacial score (nSPS) is 11.6. The van der Waals surface area contributed by atoms with Gasteiger partial charge in [0, 0.05) is 16.8 Å². The number of carbonyl (C=O) groups is 1. The molecule has 98 valence electrons. The van der Waals surface area contributed by atoms with Crippen molar-refractivity contribution in [3.8, 4) is 0 Å². The van der Waals surface area contributed by atoms with Crippen molar-refractivity contribution in [3.63, 3.8) is 0 Å². The molecule has 0 heterocycles. The molecular weight excluding hydrogens is 244 g/mol. The van der Waals surface area contributed by atoms with E-state index in [-0.39, 0.29) is 11.4 Å². The zero-order valence-corrected chi connectivity index (χ0v) is 12.1. The molecule has 0 unspecified atom stereocenters. The minimum Gasteiger partial charge on any atom is -0.315 e. The quantitative estimate of drug-likeness (QED) is 0.807. The lowest BCUT2D eigenvalue weighted by Crippen LogP contribution is -2.24. The van der Waals surface area contributed by atoms with E-state index in [1.165, 1.54) is 0 Å². The van der Waals surface area contributed by atoms with Gasteiger partial charge in [-0.05, 0) is 29.9 Å². The largest absolute Gasteiger partial charge is 0.323 e. The third-order valence-corrected chi connectivity index (χ3v) is 2.85. The van der Waals surface area contributed by atoms with Crippen LogP contribution in [0.15, 0.2) is 41.4 Å². The van der Waals surface area contributed by atoms with Gasteiger partial charge in [0.1, 0.15) is 0 Å². The number of rotatable bonds is 3. The smallest absolute Gasteiger partial charge is 0.315 e. The average Bonchev–Trinajstić information content (AvgIpc) is 2.27. The summed E-state index contributed by atoms with van der Waals surface area (Å²) >= 11 is 1.65. The standard InChI is InChI=1S/C14H20N2OS/c1-14(2,3)8-9-15-13(17)16-11-6-5-7-12(10-11)18-4/h5-10H,1-4H3,(H2,15,16,17)/b9-8+. The lowest BCUT2D eigenvalue weighted by molar-refractivity contribution is 0.255. The Hall–Kier alpha value is -1.42. The summed E-state index contributed by atoms with van der Waals surface area (Å²) in [4.78, 5) is 12.7. The molecule has 1 aromatic carbocycles. The van der Waals surface area contributed by atoms with Crippen molar-refractivity contribution in [2.75, 3.05) is 11.6 Å². The van der Waals surface area contributed by atoms with E-state index in [4.69, 9.17) is 0 Å². The zero-order chi connectivity index (χ0) is 13.6. The molecule has 0 atom stereocenters. The molecule has 0 aromatic heterocycles. The van der Waals surface area contributed by atoms with E-state index in [2.05, 4.69) is 31.4 Å². The maximum Gasteiger partial charge on any atom is 0.323 e. The third kappa shape index (κ3) is 5.77. The first kappa shape index (κ1) is 14.6. The molecule has 1 aromatic rings. The Labute approximate surface area is 113 Å². The van der Waals surface area contributed by atoms with Gasteiger partial charge < -0.3 is 10.6 Å². The molecule has 0 aliphatic rings. The Balaban J connectivity index is 2.52. The lowest BCUT2D eigenvalue weighted by Gasteiger charge is -2.11. The van der Waals surface area contributed by atoms with E-state index in [9.17, 15) is 4.79 Å². The van der Waals surface area contributed by atoms with Gasteiger partial charge in [-0.25, -0.2) is 4.79 Å². The summed E-state index contributed by atoms with van der Waals surface area (Å²) in [5.74, 6) is 0. The van der Waals surface area contributed by atoms with E-state index < -0.39 is 0 Å². The van der Waals surface area contributed by atoms with E-state index >= 15 is 0 Å². The number of carbonyl (C=O) groups excluding carboxylic acids is 1. The Morgan fingerprint density at radius 3 is 2.67 bits per heavy atom. The minimum absolute atomic E-state index is 0.0616. The highest BCUT2D eigenvalue weighted by Gasteiger charge is 2.04. The Morgan fingerprint density at radius 2 is 2.06 bits per heavy atom. The average molecular weight is 264 g/mol. The first-order valence-electron chi connectivity index (χ1n) is 5.80. The highest BCUT2D eigenvalue weighted by Crippen LogP contribution is 2.18. The first-order chi connectivity index (χ1) is 8.40. The molecule has 0 aliphatic heterocycles. The molecule has 18 heavy (non-hydrogen) atoms. The highest BCUT2D eigenvalue weighted by molar-refractivity contribution is 7.98. The minimum atomic E-state index is -0.228. The van der Waals surface area contributed by atoms with E-state index in [0.717, 1.165) is 10.6 Å². The van der Waals surface area contributed by atoms with Crippen molar-refractivity contribution in [3.05, 3.63) is 36.5 Å². The van der Waals surface area contributed by atoms with Crippen LogP contribution in [0.25, 0.3) is 0 Å². The fraction of sp³-hybridized carbons (Fsp3) is 0.357. The fourth-order valence-electron chi connectivity index (χ4n) is 1.24. The zero-order valence-electron chi connectivity index (χ0n) is 11.3. The summed E-state index contributed by atoms with van der Waals surface area (Å²) in [6.07, 6.45) is 5.63. The molecular formula is C14H20N2OS. The fourth-order valence-corrected chi connectivity index (χ4v) is 1.69. The van der Waals surface area contributed by atoms with Gasteiger partial charge in [-0.15, -0.1) is 11.8 Å². The van der Waals surface area contributed by atoms with Crippen LogP contribution in [0.1, 0.15) is 20.8 Å². The summed E-state index contributed by atoms with van der Waals surface area (Å²) < 4.78 is 0. The number of hydrogen-bond donors (Lipinski definition) is 2. The number of benzene rings is 1. The molecule has 0 fully saturated rings. The predicted octanol–water partition coefficient (Wildman–Crippen LogP) is 4.09. The van der Waals surface area contributed by atoms with Crippen LogP contribution >= 0.6 is 11.8 Å². The molecule has 1 rings (SSSR count). The van der Waals surface area contributed by atoms with Gasteiger partial charge in [-0.1, -0.05) is 32.9 Å². The molecule has 0 radical (unpaired) electrons. The number of hydrogen-bond acceptors (Lipinski definition) is 2. The lowest BCUT2D eigenvalue weighted by atomic mass is 9.97.